The van der Waals surface area contributed by atoms with E-state index in [2.05, 4.69) is 5.32 Å². The Hall–Kier alpha value is -5.52. The van der Waals surface area contributed by atoms with Crippen LogP contribution in [0.25, 0.3) is 11.1 Å². The van der Waals surface area contributed by atoms with E-state index >= 15 is 0 Å². The molecular formula is C39H44N2O10. The molecule has 3 aromatic rings. The van der Waals surface area contributed by atoms with Gasteiger partial charge in [-0.1, -0.05) is 92.7 Å². The Bertz CT molecular complexity index is 1700. The molecule has 1 saturated heterocycles. The van der Waals surface area contributed by atoms with Crippen molar-refractivity contribution >= 4 is 35.7 Å². The van der Waals surface area contributed by atoms with Crippen molar-refractivity contribution < 1.29 is 47.7 Å². The molecule has 4 rings (SSSR count). The van der Waals surface area contributed by atoms with Gasteiger partial charge in [-0.2, -0.15) is 0 Å². The smallest absolute Gasteiger partial charge is 0.411 e. The minimum atomic E-state index is -1.01. The molecule has 1 fully saturated rings. The first-order chi connectivity index (χ1) is 24.2. The first kappa shape index (κ1) is 38.3. The van der Waals surface area contributed by atoms with Crippen LogP contribution in [0.3, 0.4) is 0 Å². The third-order valence-electron chi connectivity index (χ3n) is 8.00. The highest BCUT2D eigenvalue weighted by Crippen LogP contribution is 2.23. The fourth-order valence-corrected chi connectivity index (χ4v) is 5.26. The van der Waals surface area contributed by atoms with Crippen molar-refractivity contribution in [2.75, 3.05) is 19.8 Å². The van der Waals surface area contributed by atoms with Crippen molar-refractivity contribution in [2.45, 2.75) is 71.8 Å². The van der Waals surface area contributed by atoms with Crippen LogP contribution in [0.2, 0.25) is 0 Å². The van der Waals surface area contributed by atoms with Gasteiger partial charge in [-0.15, -0.1) is 0 Å². The molecule has 3 aromatic carbocycles. The summed E-state index contributed by atoms with van der Waals surface area (Å²) in [5.41, 5.74) is 2.31. The first-order valence-corrected chi connectivity index (χ1v) is 16.8. The SMILES string of the molecule is CC(C)[C@H](NC(=O)OCc1ccccc1)C(=O)OCC(=O)c1ccc(-c2ccc(C(=O)COC(=O)C3CCCN3C(=O)OC(C)(C)C)cc2)cc1. The number of hydrogen-bond acceptors (Lipinski definition) is 10. The van der Waals surface area contributed by atoms with Crippen LogP contribution in [0.4, 0.5) is 9.59 Å². The van der Waals surface area contributed by atoms with Crippen LogP contribution >= 0.6 is 0 Å². The second-order valence-corrected chi connectivity index (χ2v) is 13.5. The number of benzene rings is 3. The van der Waals surface area contributed by atoms with Gasteiger partial charge in [0.1, 0.15) is 24.3 Å². The van der Waals surface area contributed by atoms with E-state index in [0.717, 1.165) is 16.7 Å². The van der Waals surface area contributed by atoms with E-state index in [1.165, 1.54) is 4.90 Å². The van der Waals surface area contributed by atoms with Gasteiger partial charge < -0.3 is 24.3 Å². The van der Waals surface area contributed by atoms with Crippen LogP contribution in [-0.4, -0.2) is 78.0 Å². The van der Waals surface area contributed by atoms with Gasteiger partial charge in [0.05, 0.1) is 0 Å². The predicted molar refractivity (Wildman–Crippen MR) is 187 cm³/mol. The topological polar surface area (TPSA) is 155 Å². The highest BCUT2D eigenvalue weighted by Gasteiger charge is 2.38. The maximum Gasteiger partial charge on any atom is 0.411 e. The Kier molecular flexibility index (Phi) is 13.1. The Morgan fingerprint density at radius 3 is 1.84 bits per heavy atom. The number of Topliss-reactive ketones (excluding diaryl/α,β-unsaturated/α-hetero) is 2. The Balaban J connectivity index is 1.24. The third-order valence-corrected chi connectivity index (χ3v) is 8.00. The maximum absolute atomic E-state index is 12.8. The van der Waals surface area contributed by atoms with Crippen LogP contribution in [-0.2, 0) is 35.1 Å². The Labute approximate surface area is 297 Å². The van der Waals surface area contributed by atoms with E-state index < -0.39 is 66.6 Å². The molecule has 270 valence electrons. The van der Waals surface area contributed by atoms with Crippen LogP contribution in [0, 0.1) is 5.92 Å². The number of carbonyl (C=O) groups is 6. The molecule has 1 N–H and O–H groups in total. The van der Waals surface area contributed by atoms with E-state index in [-0.39, 0.29) is 12.5 Å². The fourth-order valence-electron chi connectivity index (χ4n) is 5.26. The second-order valence-electron chi connectivity index (χ2n) is 13.5. The van der Waals surface area contributed by atoms with Crippen molar-refractivity contribution in [2.24, 2.45) is 5.92 Å². The summed E-state index contributed by atoms with van der Waals surface area (Å²) >= 11 is 0. The van der Waals surface area contributed by atoms with Crippen LogP contribution < -0.4 is 5.32 Å². The van der Waals surface area contributed by atoms with Crippen LogP contribution in [0.1, 0.15) is 73.7 Å². The maximum atomic E-state index is 12.8. The number of ketones is 2. The molecule has 0 aliphatic carbocycles. The van der Waals surface area contributed by atoms with Gasteiger partial charge in [-0.25, -0.2) is 19.2 Å². The average molecular weight is 701 g/mol. The monoisotopic (exact) mass is 700 g/mol. The number of ether oxygens (including phenoxy) is 4. The molecule has 12 heteroatoms. The summed E-state index contributed by atoms with van der Waals surface area (Å²) in [6, 6.07) is 20.7. The number of esters is 2. The summed E-state index contributed by atoms with van der Waals surface area (Å²) in [4.78, 5) is 77.2. The zero-order valence-electron chi connectivity index (χ0n) is 29.5. The molecule has 0 saturated carbocycles. The number of nitrogens with zero attached hydrogens (tertiary/aromatic N) is 1. The van der Waals surface area contributed by atoms with Gasteiger partial charge in [0.25, 0.3) is 0 Å². The molecule has 1 aliphatic heterocycles. The van der Waals surface area contributed by atoms with Crippen molar-refractivity contribution in [3.8, 4) is 11.1 Å². The minimum Gasteiger partial charge on any atom is -0.456 e. The van der Waals surface area contributed by atoms with E-state index in [0.29, 0.717) is 30.5 Å². The highest BCUT2D eigenvalue weighted by atomic mass is 16.6. The Morgan fingerprint density at radius 1 is 0.765 bits per heavy atom. The molecule has 0 radical (unpaired) electrons. The standard InChI is InChI=1S/C39H44N2O10/c1-25(2)34(40-37(46)50-22-26-10-7-6-8-11-26)36(45)49-24-33(43)30-19-15-28(16-20-30)27-13-17-29(18-14-27)32(42)23-48-35(44)31-12-9-21-41(31)38(47)51-39(3,4)5/h6-8,10-11,13-20,25,31,34H,9,12,21-24H2,1-5H3,(H,40,46)/t31?,34-/m0/s1. The molecule has 51 heavy (non-hydrogen) atoms. The largest absolute Gasteiger partial charge is 0.456 e. The summed E-state index contributed by atoms with van der Waals surface area (Å²) in [6.45, 7) is 8.15. The number of carbonyl (C=O) groups excluding carboxylic acids is 6. The Morgan fingerprint density at radius 2 is 1.31 bits per heavy atom. The van der Waals surface area contributed by atoms with Gasteiger partial charge in [-0.3, -0.25) is 14.5 Å². The molecule has 1 unspecified atom stereocenters. The number of likely N-dealkylation sites (tertiary alicyclic amines) is 1. The summed E-state index contributed by atoms with van der Waals surface area (Å²) < 4.78 is 21.1. The number of nitrogens with one attached hydrogen (secondary N) is 1. The van der Waals surface area contributed by atoms with Crippen molar-refractivity contribution in [3.63, 3.8) is 0 Å². The lowest BCUT2D eigenvalue weighted by molar-refractivity contribution is -0.147. The fraction of sp³-hybridized carbons (Fsp3) is 0.385. The van der Waals surface area contributed by atoms with Crippen LogP contribution in [0.15, 0.2) is 78.9 Å². The lowest BCUT2D eigenvalue weighted by Gasteiger charge is -2.27. The van der Waals surface area contributed by atoms with Gasteiger partial charge in [0.15, 0.2) is 24.8 Å². The van der Waals surface area contributed by atoms with E-state index in [1.807, 2.05) is 30.3 Å². The normalized spacial score (nSPS) is 14.7. The van der Waals surface area contributed by atoms with Gasteiger partial charge >= 0.3 is 24.1 Å². The zero-order valence-corrected chi connectivity index (χ0v) is 29.5. The van der Waals surface area contributed by atoms with Gasteiger partial charge in [0.2, 0.25) is 0 Å². The number of alkyl carbamates (subject to hydrolysis) is 1. The van der Waals surface area contributed by atoms with Gasteiger partial charge in [-0.05, 0) is 56.2 Å². The molecule has 0 bridgehead atoms. The summed E-state index contributed by atoms with van der Waals surface area (Å²) in [7, 11) is 0. The molecule has 0 spiro atoms. The lowest BCUT2D eigenvalue weighted by Crippen LogP contribution is -2.45. The number of amides is 2. The molecule has 1 aliphatic rings. The summed E-state index contributed by atoms with van der Waals surface area (Å²) in [6.07, 6.45) is -0.304. The number of hydrogen-bond donors (Lipinski definition) is 1. The van der Waals surface area contributed by atoms with Crippen LogP contribution in [0.5, 0.6) is 0 Å². The third kappa shape index (κ3) is 11.2. The summed E-state index contributed by atoms with van der Waals surface area (Å²) in [5, 5.41) is 2.51. The van der Waals surface area contributed by atoms with Gasteiger partial charge in [0, 0.05) is 17.7 Å². The second kappa shape index (κ2) is 17.4. The molecule has 0 aromatic heterocycles. The van der Waals surface area contributed by atoms with Crippen molar-refractivity contribution in [1.82, 2.24) is 10.2 Å². The molecule has 12 nitrogen and oxygen atoms in total. The average Bonchev–Trinajstić information content (AvgIpc) is 3.61. The van der Waals surface area contributed by atoms with Crippen molar-refractivity contribution in [1.29, 1.82) is 0 Å². The van der Waals surface area contributed by atoms with E-state index in [1.54, 1.807) is 83.1 Å². The molecule has 2 amide bonds. The van der Waals surface area contributed by atoms with E-state index in [9.17, 15) is 28.8 Å². The quantitative estimate of drug-likeness (QED) is 0.125. The lowest BCUT2D eigenvalue weighted by atomic mass is 10.0. The summed E-state index contributed by atoms with van der Waals surface area (Å²) in [5.74, 6) is -2.54. The number of rotatable bonds is 13. The zero-order chi connectivity index (χ0) is 37.1. The predicted octanol–water partition coefficient (Wildman–Crippen LogP) is 6.16. The molecule has 2 atom stereocenters. The first-order valence-electron chi connectivity index (χ1n) is 16.8. The highest BCUT2D eigenvalue weighted by molar-refractivity contribution is 5.99. The molecule has 1 heterocycles. The van der Waals surface area contributed by atoms with E-state index in [4.69, 9.17) is 18.9 Å². The molecular weight excluding hydrogens is 656 g/mol. The van der Waals surface area contributed by atoms with Crippen molar-refractivity contribution in [3.05, 3.63) is 95.6 Å². The minimum absolute atomic E-state index is 0.0414.